The zero-order valence-corrected chi connectivity index (χ0v) is 13.5. The Kier molecular flexibility index (Phi) is 3.85. The monoisotopic (exact) mass is 286 g/mol. The third kappa shape index (κ3) is 2.57. The first-order chi connectivity index (χ1) is 10.6. The van der Waals surface area contributed by atoms with Crippen molar-refractivity contribution in [3.05, 3.63) is 95.6 Å². The summed E-state index contributed by atoms with van der Waals surface area (Å²) in [5.74, 6) is 0. The largest absolute Gasteiger partial charge is 0.0622 e. The van der Waals surface area contributed by atoms with E-state index >= 15 is 0 Å². The molecule has 0 amide bonds. The summed E-state index contributed by atoms with van der Waals surface area (Å²) in [5.41, 5.74) is 6.70. The zero-order chi connectivity index (χ0) is 15.6. The van der Waals surface area contributed by atoms with E-state index in [1.807, 2.05) is 0 Å². The third-order valence-electron chi connectivity index (χ3n) is 4.59. The van der Waals surface area contributed by atoms with Crippen LogP contribution in [0.25, 0.3) is 11.1 Å². The lowest BCUT2D eigenvalue weighted by molar-refractivity contribution is 0.636. The Labute approximate surface area is 133 Å². The van der Waals surface area contributed by atoms with Gasteiger partial charge in [-0.1, -0.05) is 92.7 Å². The van der Waals surface area contributed by atoms with E-state index in [4.69, 9.17) is 0 Å². The molecule has 0 spiro atoms. The number of hydrogen-bond acceptors (Lipinski definition) is 0. The molecule has 0 saturated heterocycles. The maximum atomic E-state index is 2.31. The first kappa shape index (κ1) is 14.6. The first-order valence-corrected chi connectivity index (χ1v) is 7.82. The highest BCUT2D eigenvalue weighted by Crippen LogP contribution is 2.36. The van der Waals surface area contributed by atoms with Crippen LogP contribution in [0.4, 0.5) is 0 Å². The quantitative estimate of drug-likeness (QED) is 0.555. The molecule has 0 bridgehead atoms. The molecule has 0 heterocycles. The second-order valence-corrected chi connectivity index (χ2v) is 6.34. The molecule has 22 heavy (non-hydrogen) atoms. The van der Waals surface area contributed by atoms with Gasteiger partial charge in [0.25, 0.3) is 0 Å². The summed E-state index contributed by atoms with van der Waals surface area (Å²) in [5, 5.41) is 0. The number of benzene rings is 3. The fourth-order valence-electron chi connectivity index (χ4n) is 3.25. The SMILES string of the molecule is Cc1c(-c2ccccc2)cccc1C(C)(C)c1ccccc1. The van der Waals surface area contributed by atoms with Gasteiger partial charge in [0.15, 0.2) is 0 Å². The summed E-state index contributed by atoms with van der Waals surface area (Å²) in [4.78, 5) is 0. The van der Waals surface area contributed by atoms with Crippen LogP contribution in [-0.2, 0) is 5.41 Å². The fraction of sp³-hybridized carbons (Fsp3) is 0.182. The lowest BCUT2D eigenvalue weighted by Crippen LogP contribution is -2.20. The predicted octanol–water partition coefficient (Wildman–Crippen LogP) is 5.99. The molecule has 0 aromatic heterocycles. The molecule has 3 rings (SSSR count). The second-order valence-electron chi connectivity index (χ2n) is 6.34. The Bertz CT molecular complexity index is 753. The average molecular weight is 286 g/mol. The molecule has 0 unspecified atom stereocenters. The maximum absolute atomic E-state index is 2.31. The molecule has 0 atom stereocenters. The van der Waals surface area contributed by atoms with Gasteiger partial charge in [-0.25, -0.2) is 0 Å². The summed E-state index contributed by atoms with van der Waals surface area (Å²) < 4.78 is 0. The molecule has 3 aromatic carbocycles. The highest BCUT2D eigenvalue weighted by Gasteiger charge is 2.25. The Morgan fingerprint density at radius 3 is 1.86 bits per heavy atom. The van der Waals surface area contributed by atoms with E-state index in [9.17, 15) is 0 Å². The van der Waals surface area contributed by atoms with E-state index < -0.39 is 0 Å². The number of rotatable bonds is 3. The van der Waals surface area contributed by atoms with Crippen LogP contribution in [0.5, 0.6) is 0 Å². The van der Waals surface area contributed by atoms with Gasteiger partial charge in [-0.2, -0.15) is 0 Å². The lowest BCUT2D eigenvalue weighted by atomic mass is 9.75. The van der Waals surface area contributed by atoms with Crippen molar-refractivity contribution in [1.82, 2.24) is 0 Å². The highest BCUT2D eigenvalue weighted by atomic mass is 14.3. The molecule has 0 aliphatic heterocycles. The molecular formula is C22H22. The molecule has 0 aliphatic carbocycles. The smallest absolute Gasteiger partial charge is 0.0149 e. The molecular weight excluding hydrogens is 264 g/mol. The average Bonchev–Trinajstić information content (AvgIpc) is 2.56. The Balaban J connectivity index is 2.13. The predicted molar refractivity (Wildman–Crippen MR) is 95.2 cm³/mol. The van der Waals surface area contributed by atoms with E-state index in [-0.39, 0.29) is 5.41 Å². The zero-order valence-electron chi connectivity index (χ0n) is 13.5. The van der Waals surface area contributed by atoms with Crippen molar-refractivity contribution >= 4 is 0 Å². The first-order valence-electron chi connectivity index (χ1n) is 7.82. The van der Waals surface area contributed by atoms with Crippen molar-refractivity contribution in [3.8, 4) is 11.1 Å². The van der Waals surface area contributed by atoms with Crippen LogP contribution < -0.4 is 0 Å². The molecule has 0 aliphatic rings. The van der Waals surface area contributed by atoms with Crippen LogP contribution in [0.1, 0.15) is 30.5 Å². The second kappa shape index (κ2) is 5.81. The van der Waals surface area contributed by atoms with E-state index in [1.165, 1.54) is 27.8 Å². The minimum atomic E-state index is -0.00384. The maximum Gasteiger partial charge on any atom is 0.0149 e. The normalized spacial score (nSPS) is 11.4. The van der Waals surface area contributed by atoms with Crippen molar-refractivity contribution in [2.45, 2.75) is 26.2 Å². The summed E-state index contributed by atoms with van der Waals surface area (Å²) in [7, 11) is 0. The Morgan fingerprint density at radius 1 is 0.636 bits per heavy atom. The van der Waals surface area contributed by atoms with Gasteiger partial charge in [-0.05, 0) is 34.7 Å². The van der Waals surface area contributed by atoms with Crippen molar-refractivity contribution in [1.29, 1.82) is 0 Å². The summed E-state index contributed by atoms with van der Waals surface area (Å²) in [6, 6.07) is 28.0. The Morgan fingerprint density at radius 2 is 1.23 bits per heavy atom. The standard InChI is InChI=1S/C22H22/c1-17-20(18-11-6-4-7-12-18)15-10-16-21(17)22(2,3)19-13-8-5-9-14-19/h4-16H,1-3H3. The molecule has 0 N–H and O–H groups in total. The molecule has 0 heteroatoms. The topological polar surface area (TPSA) is 0 Å². The van der Waals surface area contributed by atoms with Crippen LogP contribution in [0.2, 0.25) is 0 Å². The number of hydrogen-bond donors (Lipinski definition) is 0. The molecule has 0 fully saturated rings. The van der Waals surface area contributed by atoms with Gasteiger partial charge in [0.05, 0.1) is 0 Å². The van der Waals surface area contributed by atoms with Gasteiger partial charge in [0, 0.05) is 5.41 Å². The minimum Gasteiger partial charge on any atom is -0.0622 e. The van der Waals surface area contributed by atoms with Crippen molar-refractivity contribution in [3.63, 3.8) is 0 Å². The highest BCUT2D eigenvalue weighted by molar-refractivity contribution is 5.69. The van der Waals surface area contributed by atoms with Crippen LogP contribution in [0.15, 0.2) is 78.9 Å². The van der Waals surface area contributed by atoms with Crippen molar-refractivity contribution in [2.75, 3.05) is 0 Å². The van der Waals surface area contributed by atoms with Crippen LogP contribution in [-0.4, -0.2) is 0 Å². The van der Waals surface area contributed by atoms with Crippen molar-refractivity contribution < 1.29 is 0 Å². The van der Waals surface area contributed by atoms with E-state index in [0.29, 0.717) is 0 Å². The lowest BCUT2D eigenvalue weighted by Gasteiger charge is -2.29. The summed E-state index contributed by atoms with van der Waals surface area (Å²) in [6.07, 6.45) is 0. The van der Waals surface area contributed by atoms with Crippen LogP contribution in [0, 0.1) is 6.92 Å². The fourth-order valence-corrected chi connectivity index (χ4v) is 3.25. The van der Waals surface area contributed by atoms with Crippen LogP contribution >= 0.6 is 0 Å². The van der Waals surface area contributed by atoms with Gasteiger partial charge >= 0.3 is 0 Å². The van der Waals surface area contributed by atoms with Gasteiger partial charge in [-0.15, -0.1) is 0 Å². The third-order valence-corrected chi connectivity index (χ3v) is 4.59. The van der Waals surface area contributed by atoms with E-state index in [0.717, 1.165) is 0 Å². The van der Waals surface area contributed by atoms with Crippen molar-refractivity contribution in [2.24, 2.45) is 0 Å². The Hall–Kier alpha value is -2.34. The summed E-state index contributed by atoms with van der Waals surface area (Å²) >= 11 is 0. The summed E-state index contributed by atoms with van der Waals surface area (Å²) in [6.45, 7) is 6.85. The van der Waals surface area contributed by atoms with Gasteiger partial charge in [0.2, 0.25) is 0 Å². The van der Waals surface area contributed by atoms with Gasteiger partial charge in [-0.3, -0.25) is 0 Å². The van der Waals surface area contributed by atoms with Crippen LogP contribution in [0.3, 0.4) is 0 Å². The van der Waals surface area contributed by atoms with E-state index in [2.05, 4.69) is 99.6 Å². The molecule has 0 radical (unpaired) electrons. The van der Waals surface area contributed by atoms with Gasteiger partial charge in [0.1, 0.15) is 0 Å². The van der Waals surface area contributed by atoms with Gasteiger partial charge < -0.3 is 0 Å². The molecule has 0 saturated carbocycles. The minimum absolute atomic E-state index is 0.00384. The van der Waals surface area contributed by atoms with E-state index in [1.54, 1.807) is 0 Å². The molecule has 3 aromatic rings. The molecule has 0 nitrogen and oxygen atoms in total. The molecule has 110 valence electrons.